The molecule has 2 aromatic carbocycles. The number of hydrogen-bond acceptors (Lipinski definition) is 4. The molecule has 0 fully saturated rings. The second-order valence-electron chi connectivity index (χ2n) is 6.68. The van der Waals surface area contributed by atoms with Crippen LogP contribution >= 0.6 is 0 Å². The molecule has 5 heteroatoms. The van der Waals surface area contributed by atoms with Crippen LogP contribution in [0.5, 0.6) is 5.75 Å². The topological polar surface area (TPSA) is 64.6 Å². The molecule has 2 rings (SSSR count). The van der Waals surface area contributed by atoms with Crippen LogP contribution in [0, 0.1) is 12.8 Å². The average molecular weight is 381 g/mol. The summed E-state index contributed by atoms with van der Waals surface area (Å²) >= 11 is 0. The average Bonchev–Trinajstić information content (AvgIpc) is 2.71. The predicted octanol–water partition coefficient (Wildman–Crippen LogP) is 3.56. The maximum atomic E-state index is 12.4. The SMILES string of the molecule is COC(=O)C(CNC(=O)C=C(C)c1ccccc1OC)Cc1ccc(C)cc1. The lowest BCUT2D eigenvalue weighted by Crippen LogP contribution is -2.34. The second kappa shape index (κ2) is 10.3. The van der Waals surface area contributed by atoms with Crippen LogP contribution in [0.1, 0.15) is 23.6 Å². The minimum absolute atomic E-state index is 0.203. The summed E-state index contributed by atoms with van der Waals surface area (Å²) in [4.78, 5) is 24.5. The largest absolute Gasteiger partial charge is 0.496 e. The highest BCUT2D eigenvalue weighted by molar-refractivity contribution is 5.95. The van der Waals surface area contributed by atoms with Gasteiger partial charge in [0, 0.05) is 18.2 Å². The van der Waals surface area contributed by atoms with Crippen LogP contribution in [0.3, 0.4) is 0 Å². The molecule has 0 aromatic heterocycles. The number of hydrogen-bond donors (Lipinski definition) is 1. The number of methoxy groups -OCH3 is 2. The third-order valence-electron chi connectivity index (χ3n) is 4.54. The van der Waals surface area contributed by atoms with Gasteiger partial charge in [-0.15, -0.1) is 0 Å². The van der Waals surface area contributed by atoms with Crippen molar-refractivity contribution in [2.75, 3.05) is 20.8 Å². The molecule has 0 saturated carbocycles. The Labute approximate surface area is 166 Å². The van der Waals surface area contributed by atoms with Gasteiger partial charge in [-0.3, -0.25) is 9.59 Å². The summed E-state index contributed by atoms with van der Waals surface area (Å²) in [5.41, 5.74) is 3.81. The van der Waals surface area contributed by atoms with Crippen molar-refractivity contribution in [3.63, 3.8) is 0 Å². The van der Waals surface area contributed by atoms with Crippen molar-refractivity contribution < 1.29 is 19.1 Å². The Morgan fingerprint density at radius 1 is 1.07 bits per heavy atom. The summed E-state index contributed by atoms with van der Waals surface area (Å²) in [7, 11) is 2.95. The molecule has 2 aromatic rings. The van der Waals surface area contributed by atoms with Crippen LogP contribution in [0.15, 0.2) is 54.6 Å². The van der Waals surface area contributed by atoms with E-state index >= 15 is 0 Å². The van der Waals surface area contributed by atoms with Crippen molar-refractivity contribution in [3.05, 3.63) is 71.3 Å². The van der Waals surface area contributed by atoms with Crippen LogP contribution in [0.2, 0.25) is 0 Å². The molecule has 28 heavy (non-hydrogen) atoms. The van der Waals surface area contributed by atoms with Gasteiger partial charge in [-0.05, 0) is 37.5 Å². The highest BCUT2D eigenvalue weighted by Crippen LogP contribution is 2.24. The van der Waals surface area contributed by atoms with Crippen LogP contribution in [-0.2, 0) is 20.7 Å². The van der Waals surface area contributed by atoms with E-state index in [-0.39, 0.29) is 18.4 Å². The van der Waals surface area contributed by atoms with E-state index in [1.54, 1.807) is 7.11 Å². The number of esters is 1. The summed E-state index contributed by atoms with van der Waals surface area (Å²) in [5.74, 6) is -0.347. The number of aryl methyl sites for hydroxylation is 1. The fourth-order valence-corrected chi connectivity index (χ4v) is 2.93. The molecule has 0 aliphatic rings. The minimum atomic E-state index is -0.448. The number of amides is 1. The van der Waals surface area contributed by atoms with Gasteiger partial charge in [-0.1, -0.05) is 48.0 Å². The van der Waals surface area contributed by atoms with E-state index in [0.29, 0.717) is 12.2 Å². The van der Waals surface area contributed by atoms with Crippen molar-refractivity contribution in [1.82, 2.24) is 5.32 Å². The molecule has 5 nitrogen and oxygen atoms in total. The van der Waals surface area contributed by atoms with Crippen molar-refractivity contribution in [1.29, 1.82) is 0 Å². The van der Waals surface area contributed by atoms with E-state index < -0.39 is 5.92 Å². The normalized spacial score (nSPS) is 12.2. The molecular formula is C23H27NO4. The first-order chi connectivity index (χ1) is 13.4. The summed E-state index contributed by atoms with van der Waals surface area (Å²) in [6.07, 6.45) is 2.01. The highest BCUT2D eigenvalue weighted by Gasteiger charge is 2.20. The zero-order chi connectivity index (χ0) is 20.5. The molecule has 1 atom stereocenters. The van der Waals surface area contributed by atoms with E-state index in [2.05, 4.69) is 5.32 Å². The predicted molar refractivity (Wildman–Crippen MR) is 110 cm³/mol. The molecule has 0 saturated heterocycles. The number of rotatable bonds is 8. The highest BCUT2D eigenvalue weighted by atomic mass is 16.5. The number of para-hydroxylation sites is 1. The third kappa shape index (κ3) is 5.98. The van der Waals surface area contributed by atoms with Crippen LogP contribution < -0.4 is 10.1 Å². The Balaban J connectivity index is 2.04. The second-order valence-corrected chi connectivity index (χ2v) is 6.68. The summed E-state index contributed by atoms with van der Waals surface area (Å²) in [6, 6.07) is 15.5. The van der Waals surface area contributed by atoms with Gasteiger partial charge in [0.15, 0.2) is 0 Å². The minimum Gasteiger partial charge on any atom is -0.496 e. The number of ether oxygens (including phenoxy) is 2. The monoisotopic (exact) mass is 381 g/mol. The smallest absolute Gasteiger partial charge is 0.310 e. The number of benzene rings is 2. The first kappa shape index (κ1) is 21.2. The maximum absolute atomic E-state index is 12.4. The van der Waals surface area contributed by atoms with E-state index in [1.807, 2.05) is 62.4 Å². The Bertz CT molecular complexity index is 840. The molecule has 0 aliphatic carbocycles. The van der Waals surface area contributed by atoms with Crippen LogP contribution in [0.25, 0.3) is 5.57 Å². The molecule has 1 amide bonds. The molecule has 1 N–H and O–H groups in total. The first-order valence-corrected chi connectivity index (χ1v) is 9.17. The first-order valence-electron chi connectivity index (χ1n) is 9.17. The van der Waals surface area contributed by atoms with E-state index in [0.717, 1.165) is 22.3 Å². The zero-order valence-corrected chi connectivity index (χ0v) is 16.8. The Hall–Kier alpha value is -3.08. The number of carbonyl (C=O) groups excluding carboxylic acids is 2. The Kier molecular flexibility index (Phi) is 7.81. The van der Waals surface area contributed by atoms with Crippen LogP contribution in [-0.4, -0.2) is 32.6 Å². The van der Waals surface area contributed by atoms with Crippen molar-refractivity contribution in [2.45, 2.75) is 20.3 Å². The quantitative estimate of drug-likeness (QED) is 0.561. The third-order valence-corrected chi connectivity index (χ3v) is 4.54. The number of allylic oxidation sites excluding steroid dienone is 1. The summed E-state index contributed by atoms with van der Waals surface area (Å²) < 4.78 is 10.2. The lowest BCUT2D eigenvalue weighted by Gasteiger charge is -2.15. The van der Waals surface area contributed by atoms with Gasteiger partial charge in [0.2, 0.25) is 5.91 Å². The summed E-state index contributed by atoms with van der Waals surface area (Å²) in [5, 5.41) is 2.81. The Morgan fingerprint density at radius 2 is 1.75 bits per heavy atom. The van der Waals surface area contributed by atoms with Gasteiger partial charge < -0.3 is 14.8 Å². The molecule has 1 unspecified atom stereocenters. The van der Waals surface area contributed by atoms with Gasteiger partial charge in [-0.2, -0.15) is 0 Å². The van der Waals surface area contributed by atoms with E-state index in [4.69, 9.17) is 9.47 Å². The number of carbonyl (C=O) groups is 2. The molecule has 0 heterocycles. The number of nitrogens with one attached hydrogen (secondary N) is 1. The molecule has 0 spiro atoms. The van der Waals surface area contributed by atoms with Gasteiger partial charge in [0.1, 0.15) is 5.75 Å². The lowest BCUT2D eigenvalue weighted by atomic mass is 9.98. The standard InChI is InChI=1S/C23H27NO4/c1-16-9-11-18(12-10-16)14-19(23(26)28-4)15-24-22(25)13-17(2)20-7-5-6-8-21(20)27-3/h5-13,19H,14-15H2,1-4H3,(H,24,25). The molecule has 0 radical (unpaired) electrons. The van der Waals surface area contributed by atoms with Crippen molar-refractivity contribution in [3.8, 4) is 5.75 Å². The van der Waals surface area contributed by atoms with E-state index in [9.17, 15) is 9.59 Å². The molecular weight excluding hydrogens is 354 g/mol. The molecule has 0 aliphatic heterocycles. The fourth-order valence-electron chi connectivity index (χ4n) is 2.93. The lowest BCUT2D eigenvalue weighted by molar-refractivity contribution is -0.145. The molecule has 148 valence electrons. The summed E-state index contributed by atoms with van der Waals surface area (Å²) in [6.45, 7) is 4.06. The van der Waals surface area contributed by atoms with Gasteiger partial charge in [0.05, 0.1) is 20.1 Å². The van der Waals surface area contributed by atoms with Crippen molar-refractivity contribution >= 4 is 17.4 Å². The zero-order valence-electron chi connectivity index (χ0n) is 16.8. The van der Waals surface area contributed by atoms with Crippen molar-refractivity contribution in [2.24, 2.45) is 5.92 Å². The maximum Gasteiger partial charge on any atom is 0.310 e. The molecule has 0 bridgehead atoms. The fraction of sp³-hybridized carbons (Fsp3) is 0.304. The van der Waals surface area contributed by atoms with Gasteiger partial charge in [0.25, 0.3) is 0 Å². The van der Waals surface area contributed by atoms with Crippen LogP contribution in [0.4, 0.5) is 0 Å². The van der Waals surface area contributed by atoms with Gasteiger partial charge >= 0.3 is 5.97 Å². The van der Waals surface area contributed by atoms with Gasteiger partial charge in [-0.25, -0.2) is 0 Å². The Morgan fingerprint density at radius 3 is 2.39 bits per heavy atom. The van der Waals surface area contributed by atoms with E-state index in [1.165, 1.54) is 13.2 Å².